The summed E-state index contributed by atoms with van der Waals surface area (Å²) in [7, 11) is 2.03. The van der Waals surface area contributed by atoms with Crippen LogP contribution in [-0.2, 0) is 6.42 Å². The van der Waals surface area contributed by atoms with Gasteiger partial charge in [0.1, 0.15) is 11.5 Å². The third-order valence-electron chi connectivity index (χ3n) is 3.87. The zero-order valence-electron chi connectivity index (χ0n) is 11.9. The number of nitrogens with zero attached hydrogens (tertiary/aromatic N) is 4. The van der Waals surface area contributed by atoms with Crippen molar-refractivity contribution >= 4 is 16.9 Å². The summed E-state index contributed by atoms with van der Waals surface area (Å²) in [5.41, 5.74) is 0.912. The van der Waals surface area contributed by atoms with Crippen molar-refractivity contribution in [3.8, 4) is 0 Å². The molecule has 0 atom stereocenters. The molecule has 6 nitrogen and oxygen atoms in total. The van der Waals surface area contributed by atoms with Gasteiger partial charge < -0.3 is 14.4 Å². The first kappa shape index (κ1) is 12.4. The van der Waals surface area contributed by atoms with Gasteiger partial charge in [-0.3, -0.25) is 0 Å². The normalized spacial score (nSPS) is 14.7. The highest BCUT2D eigenvalue weighted by atomic mass is 16.5. The lowest BCUT2D eigenvalue weighted by molar-refractivity contribution is 0.374. The van der Waals surface area contributed by atoms with Crippen molar-refractivity contribution in [2.45, 2.75) is 25.2 Å². The molecule has 1 aliphatic carbocycles. The van der Waals surface area contributed by atoms with E-state index < -0.39 is 0 Å². The summed E-state index contributed by atoms with van der Waals surface area (Å²) in [4.78, 5) is 14.3. The average molecular weight is 283 g/mol. The smallest absolute Gasteiger partial charge is 0.229 e. The van der Waals surface area contributed by atoms with Crippen LogP contribution >= 0.6 is 0 Å². The van der Waals surface area contributed by atoms with E-state index in [9.17, 15) is 0 Å². The maximum absolute atomic E-state index is 5.27. The number of fused-ring (bicyclic) bond motifs is 1. The van der Waals surface area contributed by atoms with Crippen LogP contribution in [0.5, 0.6) is 0 Å². The number of rotatable bonds is 5. The van der Waals surface area contributed by atoms with Crippen LogP contribution in [0.1, 0.15) is 30.5 Å². The molecule has 4 rings (SSSR count). The molecule has 1 saturated carbocycles. The number of hydrogen-bond donors (Lipinski definition) is 1. The average Bonchev–Trinajstić information content (AvgIpc) is 3.07. The van der Waals surface area contributed by atoms with Gasteiger partial charge in [0.05, 0.1) is 0 Å². The zero-order valence-corrected chi connectivity index (χ0v) is 11.9. The highest BCUT2D eigenvalue weighted by Crippen LogP contribution is 2.38. The van der Waals surface area contributed by atoms with E-state index in [0.29, 0.717) is 5.92 Å². The Bertz CT molecular complexity index is 758. The fourth-order valence-electron chi connectivity index (χ4n) is 2.38. The summed E-state index contributed by atoms with van der Waals surface area (Å²) >= 11 is 0. The standard InChI is InChI=1S/C15H17N5O/c1-20(13-5-4-10-6-8-16-14(10)18-13)9-7-12-17-15(21-19-12)11-2-3-11/h4-6,8,11H,2-3,7,9H2,1H3,(H,16,18). The highest BCUT2D eigenvalue weighted by Gasteiger charge is 2.29. The van der Waals surface area contributed by atoms with Gasteiger partial charge in [-0.15, -0.1) is 0 Å². The van der Waals surface area contributed by atoms with Gasteiger partial charge in [-0.2, -0.15) is 4.98 Å². The van der Waals surface area contributed by atoms with Crippen molar-refractivity contribution in [1.29, 1.82) is 0 Å². The Labute approximate surface area is 122 Å². The Morgan fingerprint density at radius 1 is 1.29 bits per heavy atom. The number of anilines is 1. The molecule has 0 radical (unpaired) electrons. The first-order chi connectivity index (χ1) is 10.3. The summed E-state index contributed by atoms with van der Waals surface area (Å²) in [5.74, 6) is 3.04. The predicted octanol–water partition coefficient (Wildman–Crippen LogP) is 2.50. The molecular weight excluding hydrogens is 266 g/mol. The van der Waals surface area contributed by atoms with Crippen LogP contribution in [-0.4, -0.2) is 33.7 Å². The Balaban J connectivity index is 1.42. The molecule has 3 aromatic heterocycles. The molecule has 0 unspecified atom stereocenters. The van der Waals surface area contributed by atoms with E-state index >= 15 is 0 Å². The number of likely N-dealkylation sites (N-methyl/N-ethyl adjacent to an activating group) is 1. The van der Waals surface area contributed by atoms with Crippen LogP contribution in [0.3, 0.4) is 0 Å². The fraction of sp³-hybridized carbons (Fsp3) is 0.400. The maximum atomic E-state index is 5.27. The Morgan fingerprint density at radius 2 is 2.19 bits per heavy atom. The second-order valence-electron chi connectivity index (χ2n) is 5.58. The maximum Gasteiger partial charge on any atom is 0.229 e. The Kier molecular flexibility index (Phi) is 2.87. The van der Waals surface area contributed by atoms with Crippen molar-refractivity contribution in [3.05, 3.63) is 36.1 Å². The lowest BCUT2D eigenvalue weighted by atomic mass is 10.3. The van der Waals surface area contributed by atoms with Crippen molar-refractivity contribution in [1.82, 2.24) is 20.1 Å². The Hall–Kier alpha value is -2.37. The van der Waals surface area contributed by atoms with E-state index in [1.54, 1.807) is 0 Å². The zero-order chi connectivity index (χ0) is 14.2. The number of aromatic nitrogens is 4. The van der Waals surface area contributed by atoms with E-state index in [0.717, 1.165) is 41.5 Å². The Morgan fingerprint density at radius 3 is 3.05 bits per heavy atom. The van der Waals surface area contributed by atoms with Crippen LogP contribution in [0.4, 0.5) is 5.82 Å². The van der Waals surface area contributed by atoms with Crippen LogP contribution < -0.4 is 4.90 Å². The lowest BCUT2D eigenvalue weighted by Crippen LogP contribution is -2.21. The molecule has 108 valence electrons. The van der Waals surface area contributed by atoms with E-state index in [1.807, 2.05) is 25.4 Å². The van der Waals surface area contributed by atoms with Gasteiger partial charge in [0.25, 0.3) is 0 Å². The topological polar surface area (TPSA) is 70.8 Å². The molecule has 1 fully saturated rings. The molecule has 0 aliphatic heterocycles. The van der Waals surface area contributed by atoms with Gasteiger partial charge >= 0.3 is 0 Å². The minimum Gasteiger partial charge on any atom is -0.359 e. The SMILES string of the molecule is CN(CCc1noc(C2CC2)n1)c1ccc2cc[nH]c2n1. The summed E-state index contributed by atoms with van der Waals surface area (Å²) in [6.45, 7) is 0.808. The summed E-state index contributed by atoms with van der Waals surface area (Å²) < 4.78 is 5.27. The van der Waals surface area contributed by atoms with E-state index in [1.165, 1.54) is 12.8 Å². The second kappa shape index (κ2) is 4.87. The minimum absolute atomic E-state index is 0.515. The largest absolute Gasteiger partial charge is 0.359 e. The summed E-state index contributed by atoms with van der Waals surface area (Å²) in [5, 5.41) is 5.17. The molecule has 1 N–H and O–H groups in total. The first-order valence-corrected chi connectivity index (χ1v) is 7.27. The van der Waals surface area contributed by atoms with Crippen molar-refractivity contribution < 1.29 is 4.52 Å². The van der Waals surface area contributed by atoms with Crippen LogP contribution in [0.15, 0.2) is 28.9 Å². The number of hydrogen-bond acceptors (Lipinski definition) is 5. The predicted molar refractivity (Wildman–Crippen MR) is 79.3 cm³/mol. The summed E-state index contributed by atoms with van der Waals surface area (Å²) in [6, 6.07) is 6.12. The highest BCUT2D eigenvalue weighted by molar-refractivity contribution is 5.77. The second-order valence-corrected chi connectivity index (χ2v) is 5.58. The molecule has 0 spiro atoms. The third kappa shape index (κ3) is 2.49. The molecule has 0 amide bonds. The minimum atomic E-state index is 0.515. The molecule has 0 aromatic carbocycles. The van der Waals surface area contributed by atoms with Gasteiger partial charge in [0, 0.05) is 37.5 Å². The van der Waals surface area contributed by atoms with Gasteiger partial charge in [-0.05, 0) is 31.0 Å². The molecule has 3 heterocycles. The molecule has 1 aliphatic rings. The molecule has 0 saturated heterocycles. The fourth-order valence-corrected chi connectivity index (χ4v) is 2.38. The van der Waals surface area contributed by atoms with Crippen molar-refractivity contribution in [3.63, 3.8) is 0 Å². The van der Waals surface area contributed by atoms with E-state index in [2.05, 4.69) is 31.1 Å². The van der Waals surface area contributed by atoms with Crippen LogP contribution in [0.25, 0.3) is 11.0 Å². The van der Waals surface area contributed by atoms with Gasteiger partial charge in [0.2, 0.25) is 5.89 Å². The van der Waals surface area contributed by atoms with Crippen molar-refractivity contribution in [2.75, 3.05) is 18.5 Å². The molecule has 21 heavy (non-hydrogen) atoms. The number of pyridine rings is 1. The van der Waals surface area contributed by atoms with E-state index in [4.69, 9.17) is 4.52 Å². The van der Waals surface area contributed by atoms with Gasteiger partial charge in [-0.25, -0.2) is 4.98 Å². The first-order valence-electron chi connectivity index (χ1n) is 7.27. The van der Waals surface area contributed by atoms with Gasteiger partial charge in [0.15, 0.2) is 5.82 Å². The lowest BCUT2D eigenvalue weighted by Gasteiger charge is -2.16. The van der Waals surface area contributed by atoms with Crippen LogP contribution in [0.2, 0.25) is 0 Å². The van der Waals surface area contributed by atoms with Crippen LogP contribution in [0, 0.1) is 0 Å². The number of H-pyrrole nitrogens is 1. The monoisotopic (exact) mass is 283 g/mol. The van der Waals surface area contributed by atoms with Gasteiger partial charge in [-0.1, -0.05) is 5.16 Å². The quantitative estimate of drug-likeness (QED) is 0.779. The number of aromatic amines is 1. The molecule has 6 heteroatoms. The van der Waals surface area contributed by atoms with Crippen molar-refractivity contribution in [2.24, 2.45) is 0 Å². The summed E-state index contributed by atoms with van der Waals surface area (Å²) in [6.07, 6.45) is 5.03. The molecule has 3 aromatic rings. The molecule has 0 bridgehead atoms. The molecular formula is C15H17N5O. The third-order valence-corrected chi connectivity index (χ3v) is 3.87. The van der Waals surface area contributed by atoms with E-state index in [-0.39, 0.29) is 0 Å². The number of nitrogens with one attached hydrogen (secondary N) is 1.